The van der Waals surface area contributed by atoms with Crippen molar-refractivity contribution in [3.05, 3.63) is 10.4 Å². The number of alkyl halides is 3. The van der Waals surface area contributed by atoms with Crippen LogP contribution in [-0.4, -0.2) is 39.7 Å². The van der Waals surface area contributed by atoms with Gasteiger partial charge in [0.05, 0.1) is 13.7 Å². The summed E-state index contributed by atoms with van der Waals surface area (Å²) in [5, 5.41) is 2.73. The first-order chi connectivity index (χ1) is 7.65. The van der Waals surface area contributed by atoms with E-state index in [-0.39, 0.29) is 0 Å². The van der Waals surface area contributed by atoms with E-state index < -0.39 is 34.2 Å². The van der Waals surface area contributed by atoms with Gasteiger partial charge in [0, 0.05) is 4.91 Å². The molecule has 0 aromatic carbocycles. The minimum atomic E-state index is -5.97. The predicted molar refractivity (Wildman–Crippen MR) is 45.9 cm³/mol. The van der Waals surface area contributed by atoms with Gasteiger partial charge in [0.25, 0.3) is 0 Å². The van der Waals surface area contributed by atoms with Crippen molar-refractivity contribution in [3.8, 4) is 0 Å². The Balaban J connectivity index is 5.00. The Labute approximate surface area is 93.1 Å². The van der Waals surface area contributed by atoms with E-state index in [0.29, 0.717) is 0 Å². The normalized spacial score (nSPS) is 13.6. The van der Waals surface area contributed by atoms with Gasteiger partial charge in [0.1, 0.15) is 0 Å². The molecule has 0 saturated carbocycles. The van der Waals surface area contributed by atoms with Crippen LogP contribution in [0.1, 0.15) is 0 Å². The summed E-state index contributed by atoms with van der Waals surface area (Å²) < 4.78 is 64.4. The van der Waals surface area contributed by atoms with Crippen LogP contribution >= 0.6 is 0 Å². The van der Waals surface area contributed by atoms with Crippen LogP contribution in [0, 0.1) is 0 Å². The second kappa shape index (κ2) is 5.70. The number of carbonyl (C=O) groups is 1. The number of nitrogens with zero attached hydrogens (tertiary/aromatic N) is 3. The topological polar surface area (TPSA) is 118 Å². The highest BCUT2D eigenvalue weighted by atomic mass is 32.2. The summed E-state index contributed by atoms with van der Waals surface area (Å²) in [5.41, 5.74) is 2.22. The van der Waals surface area contributed by atoms with Crippen LogP contribution in [0.2, 0.25) is 0 Å². The number of rotatable bonds is 5. The average Bonchev–Trinajstić information content (AvgIpc) is 2.21. The molecule has 1 atom stereocenters. The van der Waals surface area contributed by atoms with Crippen LogP contribution in [0.5, 0.6) is 0 Å². The van der Waals surface area contributed by atoms with Crippen molar-refractivity contribution in [2.45, 2.75) is 11.6 Å². The zero-order chi connectivity index (χ0) is 13.7. The molecule has 0 aliphatic heterocycles. The summed E-state index contributed by atoms with van der Waals surface area (Å²) in [4.78, 5) is 13.0. The van der Waals surface area contributed by atoms with Crippen LogP contribution in [0.4, 0.5) is 13.2 Å². The molecule has 0 aromatic rings. The highest BCUT2D eigenvalue weighted by Crippen LogP contribution is 2.25. The zero-order valence-corrected chi connectivity index (χ0v) is 9.03. The molecule has 1 unspecified atom stereocenters. The molecular formula is C5H6F3N3O5S. The molecule has 0 amide bonds. The molecule has 0 aliphatic carbocycles. The fourth-order valence-corrected chi connectivity index (χ4v) is 1.15. The van der Waals surface area contributed by atoms with E-state index in [1.807, 2.05) is 0 Å². The Bertz CT molecular complexity index is 427. The van der Waals surface area contributed by atoms with Crippen LogP contribution < -0.4 is 0 Å². The monoisotopic (exact) mass is 277 g/mol. The van der Waals surface area contributed by atoms with E-state index in [4.69, 9.17) is 5.53 Å². The molecule has 0 bridgehead atoms. The van der Waals surface area contributed by atoms with Crippen LogP contribution in [0.3, 0.4) is 0 Å². The Morgan fingerprint density at radius 3 is 2.41 bits per heavy atom. The van der Waals surface area contributed by atoms with Gasteiger partial charge < -0.3 is 4.74 Å². The van der Waals surface area contributed by atoms with Crippen LogP contribution in [0.25, 0.3) is 10.4 Å². The predicted octanol–water partition coefficient (Wildman–Crippen LogP) is 0.704. The maximum absolute atomic E-state index is 11.9. The number of methoxy groups -OCH3 is 1. The van der Waals surface area contributed by atoms with E-state index in [9.17, 15) is 26.4 Å². The van der Waals surface area contributed by atoms with Gasteiger partial charge in [-0.2, -0.15) is 21.6 Å². The quantitative estimate of drug-likeness (QED) is 0.183. The molecule has 0 aromatic heterocycles. The number of esters is 1. The first kappa shape index (κ1) is 15.5. The minimum Gasteiger partial charge on any atom is -0.467 e. The van der Waals surface area contributed by atoms with E-state index in [1.165, 1.54) is 0 Å². The van der Waals surface area contributed by atoms with Crippen molar-refractivity contribution in [1.29, 1.82) is 0 Å². The van der Waals surface area contributed by atoms with Gasteiger partial charge in [-0.05, 0) is 5.53 Å². The average molecular weight is 277 g/mol. The standard InChI is InChI=1S/C5H6F3N3O5S/c1-15-4(12)3(2-10-11-9)16-17(13,14)5(6,7)8/h3H,2H2,1H3. The summed E-state index contributed by atoms with van der Waals surface area (Å²) in [6.07, 6.45) is -2.18. The molecule has 0 spiro atoms. The Kier molecular flexibility index (Phi) is 5.19. The van der Waals surface area contributed by atoms with Crippen molar-refractivity contribution in [2.24, 2.45) is 5.11 Å². The molecule has 12 heteroatoms. The van der Waals surface area contributed by atoms with Gasteiger partial charge in [-0.1, -0.05) is 5.11 Å². The molecule has 0 saturated heterocycles. The summed E-state index contributed by atoms with van der Waals surface area (Å²) in [5.74, 6) is -1.41. The molecular weight excluding hydrogens is 271 g/mol. The van der Waals surface area contributed by atoms with Crippen molar-refractivity contribution in [1.82, 2.24) is 0 Å². The van der Waals surface area contributed by atoms with Gasteiger partial charge in [-0.25, -0.2) is 8.98 Å². The number of ether oxygens (including phenoxy) is 1. The summed E-state index contributed by atoms with van der Waals surface area (Å²) in [7, 11) is -5.17. The largest absolute Gasteiger partial charge is 0.523 e. The molecule has 0 radical (unpaired) electrons. The fourth-order valence-electron chi connectivity index (χ4n) is 0.594. The Morgan fingerprint density at radius 1 is 1.53 bits per heavy atom. The SMILES string of the molecule is COC(=O)C(CN=[N+]=[N-])OS(=O)(=O)C(F)(F)F. The lowest BCUT2D eigenvalue weighted by Crippen LogP contribution is -2.36. The highest BCUT2D eigenvalue weighted by Gasteiger charge is 2.49. The maximum Gasteiger partial charge on any atom is 0.523 e. The second-order valence-corrected chi connectivity index (χ2v) is 3.98. The fraction of sp³-hybridized carbons (Fsp3) is 0.800. The second-order valence-electron chi connectivity index (χ2n) is 2.42. The summed E-state index contributed by atoms with van der Waals surface area (Å²) >= 11 is 0. The minimum absolute atomic E-state index is 0.801. The third-order valence-corrected chi connectivity index (χ3v) is 2.35. The van der Waals surface area contributed by atoms with Crippen molar-refractivity contribution in [2.75, 3.05) is 13.7 Å². The van der Waals surface area contributed by atoms with Gasteiger partial charge in [-0.3, -0.25) is 0 Å². The van der Waals surface area contributed by atoms with E-state index in [1.54, 1.807) is 0 Å². The van der Waals surface area contributed by atoms with Crippen molar-refractivity contribution >= 4 is 16.1 Å². The maximum atomic E-state index is 11.9. The number of hydrogen-bond donors (Lipinski definition) is 0. The van der Waals surface area contributed by atoms with E-state index in [2.05, 4.69) is 18.9 Å². The molecule has 0 aliphatic rings. The van der Waals surface area contributed by atoms with Crippen molar-refractivity contribution < 1.29 is 35.3 Å². The van der Waals surface area contributed by atoms with Gasteiger partial charge in [0.15, 0.2) is 6.10 Å². The molecule has 0 rings (SSSR count). The lowest BCUT2D eigenvalue weighted by atomic mass is 10.4. The number of azide groups is 1. The van der Waals surface area contributed by atoms with Crippen LogP contribution in [-0.2, 0) is 23.8 Å². The van der Waals surface area contributed by atoms with E-state index in [0.717, 1.165) is 7.11 Å². The first-order valence-corrected chi connectivity index (χ1v) is 5.14. The number of hydrogen-bond acceptors (Lipinski definition) is 6. The zero-order valence-electron chi connectivity index (χ0n) is 8.21. The smallest absolute Gasteiger partial charge is 0.467 e. The lowest BCUT2D eigenvalue weighted by Gasteiger charge is -2.14. The van der Waals surface area contributed by atoms with Gasteiger partial charge in [-0.15, -0.1) is 0 Å². The third kappa shape index (κ3) is 4.46. The Hall–Kier alpha value is -1.52. The summed E-state index contributed by atoms with van der Waals surface area (Å²) in [6, 6.07) is 0. The molecule has 0 fully saturated rings. The van der Waals surface area contributed by atoms with Crippen LogP contribution in [0.15, 0.2) is 5.11 Å². The first-order valence-electron chi connectivity index (χ1n) is 3.74. The molecule has 0 heterocycles. The van der Waals surface area contributed by atoms with E-state index >= 15 is 0 Å². The molecule has 8 nitrogen and oxygen atoms in total. The molecule has 17 heavy (non-hydrogen) atoms. The van der Waals surface area contributed by atoms with Crippen molar-refractivity contribution in [3.63, 3.8) is 0 Å². The highest BCUT2D eigenvalue weighted by molar-refractivity contribution is 7.87. The molecule has 0 N–H and O–H groups in total. The Morgan fingerprint density at radius 2 is 2.06 bits per heavy atom. The number of carbonyl (C=O) groups excluding carboxylic acids is 1. The molecule has 98 valence electrons. The summed E-state index contributed by atoms with van der Waals surface area (Å²) in [6.45, 7) is -0.946. The van der Waals surface area contributed by atoms with Gasteiger partial charge >= 0.3 is 21.6 Å². The third-order valence-electron chi connectivity index (χ3n) is 1.30. The van der Waals surface area contributed by atoms with Gasteiger partial charge in [0.2, 0.25) is 0 Å². The lowest BCUT2D eigenvalue weighted by molar-refractivity contribution is -0.148. The number of halogens is 3.